The molecule has 0 bridgehead atoms. The molecule has 0 atom stereocenters. The number of pyridine rings is 1. The van der Waals surface area contributed by atoms with Crippen molar-refractivity contribution in [2.24, 2.45) is 0 Å². The van der Waals surface area contributed by atoms with Crippen LogP contribution in [0.5, 0.6) is 0 Å². The Bertz CT molecular complexity index is 526. The maximum absolute atomic E-state index is 11.6. The van der Waals surface area contributed by atoms with Crippen molar-refractivity contribution in [1.82, 2.24) is 4.98 Å². The number of esters is 1. The van der Waals surface area contributed by atoms with E-state index in [9.17, 15) is 4.79 Å². The molecule has 4 nitrogen and oxygen atoms in total. The van der Waals surface area contributed by atoms with Crippen LogP contribution in [0, 0.1) is 0 Å². The van der Waals surface area contributed by atoms with E-state index in [-0.39, 0.29) is 19.0 Å². The number of ether oxygens (including phenoxy) is 1. The normalized spacial score (nSPS) is 10.0. The minimum Gasteiger partial charge on any atom is -0.461 e. The van der Waals surface area contributed by atoms with Gasteiger partial charge in [-0.05, 0) is 35.4 Å². The highest BCUT2D eigenvalue weighted by molar-refractivity contribution is 5.73. The zero-order chi connectivity index (χ0) is 12.8. The van der Waals surface area contributed by atoms with Crippen LogP contribution in [0.2, 0.25) is 0 Å². The first-order valence-electron chi connectivity index (χ1n) is 5.63. The van der Waals surface area contributed by atoms with Crippen LogP contribution in [-0.2, 0) is 22.6 Å². The SMILES string of the molecule is Nc1cccc(CC(=O)OCc2ccncc2)c1. The zero-order valence-corrected chi connectivity index (χ0v) is 9.87. The minimum absolute atomic E-state index is 0.232. The maximum atomic E-state index is 11.6. The molecule has 0 radical (unpaired) electrons. The van der Waals surface area contributed by atoms with Crippen LogP contribution in [0.1, 0.15) is 11.1 Å². The maximum Gasteiger partial charge on any atom is 0.310 e. The van der Waals surface area contributed by atoms with E-state index in [2.05, 4.69) is 4.98 Å². The summed E-state index contributed by atoms with van der Waals surface area (Å²) in [5.74, 6) is -0.266. The van der Waals surface area contributed by atoms with Gasteiger partial charge in [0.05, 0.1) is 6.42 Å². The highest BCUT2D eigenvalue weighted by Gasteiger charge is 2.05. The van der Waals surface area contributed by atoms with Crippen molar-refractivity contribution < 1.29 is 9.53 Å². The van der Waals surface area contributed by atoms with Gasteiger partial charge in [0.1, 0.15) is 6.61 Å². The van der Waals surface area contributed by atoms with E-state index in [4.69, 9.17) is 10.5 Å². The fourth-order valence-electron chi connectivity index (χ4n) is 1.56. The molecule has 1 aromatic carbocycles. The second-order valence-electron chi connectivity index (χ2n) is 3.94. The third-order valence-electron chi connectivity index (χ3n) is 2.45. The van der Waals surface area contributed by atoms with E-state index in [1.54, 1.807) is 24.5 Å². The van der Waals surface area contributed by atoms with E-state index < -0.39 is 0 Å². The van der Waals surface area contributed by atoms with Gasteiger partial charge in [-0.3, -0.25) is 9.78 Å². The quantitative estimate of drug-likeness (QED) is 0.657. The average Bonchev–Trinajstić information content (AvgIpc) is 2.38. The summed E-state index contributed by atoms with van der Waals surface area (Å²) in [6, 6.07) is 10.9. The number of nitrogens with two attached hydrogens (primary N) is 1. The molecular formula is C14H14N2O2. The Kier molecular flexibility index (Phi) is 3.91. The van der Waals surface area contributed by atoms with Crippen LogP contribution in [0.3, 0.4) is 0 Å². The number of hydrogen-bond acceptors (Lipinski definition) is 4. The third-order valence-corrected chi connectivity index (χ3v) is 2.45. The average molecular weight is 242 g/mol. The molecule has 0 spiro atoms. The van der Waals surface area contributed by atoms with Crippen LogP contribution < -0.4 is 5.73 Å². The minimum atomic E-state index is -0.266. The molecule has 4 heteroatoms. The molecular weight excluding hydrogens is 228 g/mol. The number of anilines is 1. The van der Waals surface area contributed by atoms with Gasteiger partial charge in [0.25, 0.3) is 0 Å². The van der Waals surface area contributed by atoms with Crippen molar-refractivity contribution in [3.63, 3.8) is 0 Å². The Morgan fingerprint density at radius 1 is 1.17 bits per heavy atom. The van der Waals surface area contributed by atoms with Gasteiger partial charge >= 0.3 is 5.97 Å². The highest BCUT2D eigenvalue weighted by Crippen LogP contribution is 2.08. The van der Waals surface area contributed by atoms with E-state index in [0.29, 0.717) is 5.69 Å². The number of hydrogen-bond donors (Lipinski definition) is 1. The van der Waals surface area contributed by atoms with E-state index in [1.807, 2.05) is 24.3 Å². The van der Waals surface area contributed by atoms with Gasteiger partial charge in [-0.2, -0.15) is 0 Å². The number of aromatic nitrogens is 1. The van der Waals surface area contributed by atoms with Crippen LogP contribution in [-0.4, -0.2) is 11.0 Å². The molecule has 1 heterocycles. The number of rotatable bonds is 4. The van der Waals surface area contributed by atoms with Crippen molar-refractivity contribution in [1.29, 1.82) is 0 Å². The molecule has 0 saturated carbocycles. The molecule has 0 aliphatic rings. The Morgan fingerprint density at radius 3 is 2.67 bits per heavy atom. The predicted molar refractivity (Wildman–Crippen MR) is 68.6 cm³/mol. The van der Waals surface area contributed by atoms with Crippen molar-refractivity contribution in [2.75, 3.05) is 5.73 Å². The van der Waals surface area contributed by atoms with E-state index in [0.717, 1.165) is 11.1 Å². The molecule has 0 amide bonds. The molecule has 92 valence electrons. The summed E-state index contributed by atoms with van der Waals surface area (Å²) in [7, 11) is 0. The largest absolute Gasteiger partial charge is 0.461 e. The summed E-state index contributed by atoms with van der Waals surface area (Å²) in [5, 5.41) is 0. The second kappa shape index (κ2) is 5.82. The smallest absolute Gasteiger partial charge is 0.310 e. The highest BCUT2D eigenvalue weighted by atomic mass is 16.5. The zero-order valence-electron chi connectivity index (χ0n) is 9.87. The molecule has 2 N–H and O–H groups in total. The van der Waals surface area contributed by atoms with Gasteiger partial charge in [0, 0.05) is 18.1 Å². The molecule has 0 fully saturated rings. The van der Waals surface area contributed by atoms with Gasteiger partial charge in [-0.25, -0.2) is 0 Å². The summed E-state index contributed by atoms with van der Waals surface area (Å²) in [4.78, 5) is 15.5. The first-order valence-corrected chi connectivity index (χ1v) is 5.63. The van der Waals surface area contributed by atoms with Gasteiger partial charge in [0.15, 0.2) is 0 Å². The fraction of sp³-hybridized carbons (Fsp3) is 0.143. The lowest BCUT2D eigenvalue weighted by Gasteiger charge is -2.05. The predicted octanol–water partition coefficient (Wildman–Crippen LogP) is 1.95. The van der Waals surface area contributed by atoms with E-state index >= 15 is 0 Å². The molecule has 0 saturated heterocycles. The number of carbonyl (C=O) groups excluding carboxylic acids is 1. The molecule has 1 aromatic heterocycles. The van der Waals surface area contributed by atoms with Crippen LogP contribution in [0.4, 0.5) is 5.69 Å². The molecule has 2 aromatic rings. The second-order valence-corrected chi connectivity index (χ2v) is 3.94. The summed E-state index contributed by atoms with van der Waals surface area (Å²) in [6.07, 6.45) is 3.57. The molecule has 0 aliphatic carbocycles. The standard InChI is InChI=1S/C14H14N2O2/c15-13-3-1-2-12(8-13)9-14(17)18-10-11-4-6-16-7-5-11/h1-8H,9-10,15H2. The third kappa shape index (κ3) is 3.59. The summed E-state index contributed by atoms with van der Waals surface area (Å²) >= 11 is 0. The fourth-order valence-corrected chi connectivity index (χ4v) is 1.56. The molecule has 18 heavy (non-hydrogen) atoms. The summed E-state index contributed by atoms with van der Waals surface area (Å²) in [6.45, 7) is 0.268. The van der Waals surface area contributed by atoms with Crippen LogP contribution in [0.25, 0.3) is 0 Å². The van der Waals surface area contributed by atoms with Gasteiger partial charge in [0.2, 0.25) is 0 Å². The summed E-state index contributed by atoms with van der Waals surface area (Å²) in [5.41, 5.74) is 8.07. The molecule has 2 rings (SSSR count). The van der Waals surface area contributed by atoms with Crippen molar-refractivity contribution >= 4 is 11.7 Å². The Morgan fingerprint density at radius 2 is 1.94 bits per heavy atom. The van der Waals surface area contributed by atoms with Crippen LogP contribution >= 0.6 is 0 Å². The molecule has 0 aliphatic heterocycles. The summed E-state index contributed by atoms with van der Waals surface area (Å²) < 4.78 is 5.16. The topological polar surface area (TPSA) is 65.2 Å². The Labute approximate surface area is 105 Å². The van der Waals surface area contributed by atoms with Crippen molar-refractivity contribution in [3.05, 3.63) is 59.9 Å². The lowest BCUT2D eigenvalue weighted by atomic mass is 10.1. The molecule has 0 unspecified atom stereocenters. The van der Waals surface area contributed by atoms with E-state index in [1.165, 1.54) is 0 Å². The van der Waals surface area contributed by atoms with Crippen molar-refractivity contribution in [3.8, 4) is 0 Å². The van der Waals surface area contributed by atoms with Gasteiger partial charge < -0.3 is 10.5 Å². The Hall–Kier alpha value is -2.36. The first kappa shape index (κ1) is 12.1. The van der Waals surface area contributed by atoms with Gasteiger partial charge in [-0.1, -0.05) is 12.1 Å². The number of nitrogen functional groups attached to an aromatic ring is 1. The van der Waals surface area contributed by atoms with Crippen molar-refractivity contribution in [2.45, 2.75) is 13.0 Å². The lowest BCUT2D eigenvalue weighted by Crippen LogP contribution is -2.08. The number of carbonyl (C=O) groups is 1. The number of benzene rings is 1. The van der Waals surface area contributed by atoms with Crippen LogP contribution in [0.15, 0.2) is 48.8 Å². The number of nitrogens with zero attached hydrogens (tertiary/aromatic N) is 1. The monoisotopic (exact) mass is 242 g/mol. The Balaban J connectivity index is 1.86. The first-order chi connectivity index (χ1) is 8.74. The van der Waals surface area contributed by atoms with Gasteiger partial charge in [-0.15, -0.1) is 0 Å². The lowest BCUT2D eigenvalue weighted by molar-refractivity contribution is -0.144.